The Hall–Kier alpha value is -1.84. The number of methoxy groups -OCH3 is 1. The van der Waals surface area contributed by atoms with E-state index in [9.17, 15) is 4.79 Å². The molecule has 0 aliphatic carbocycles. The Morgan fingerprint density at radius 2 is 2.19 bits per heavy atom. The summed E-state index contributed by atoms with van der Waals surface area (Å²) in [5.74, 6) is -0.407. The van der Waals surface area contributed by atoms with Gasteiger partial charge in [0.05, 0.1) is 19.0 Å². The van der Waals surface area contributed by atoms with E-state index in [2.05, 4.69) is 16.4 Å². The molecule has 0 aromatic carbocycles. The van der Waals surface area contributed by atoms with E-state index < -0.39 is 5.97 Å². The second-order valence-electron chi connectivity index (χ2n) is 2.57. The van der Waals surface area contributed by atoms with Gasteiger partial charge < -0.3 is 4.74 Å². The van der Waals surface area contributed by atoms with Gasteiger partial charge in [0.2, 0.25) is 0 Å². The predicted molar refractivity (Wildman–Crippen MR) is 66.0 cm³/mol. The Kier molecular flexibility index (Phi) is 6.59. The molecule has 0 saturated carbocycles. The number of esters is 1. The molecular formula is C12H18N2O2. The van der Waals surface area contributed by atoms with Crippen LogP contribution in [0.15, 0.2) is 18.9 Å². The molecule has 16 heavy (non-hydrogen) atoms. The van der Waals surface area contributed by atoms with E-state index in [1.807, 2.05) is 26.8 Å². The molecule has 1 heterocycles. The Bertz CT molecular complexity index is 378. The maximum Gasteiger partial charge on any atom is 0.341 e. The van der Waals surface area contributed by atoms with Crippen molar-refractivity contribution in [3.63, 3.8) is 0 Å². The highest BCUT2D eigenvalue weighted by Gasteiger charge is 2.14. The van der Waals surface area contributed by atoms with Crippen LogP contribution in [0.25, 0.3) is 12.3 Å². The van der Waals surface area contributed by atoms with Gasteiger partial charge in [-0.3, -0.25) is 0 Å². The summed E-state index contributed by atoms with van der Waals surface area (Å²) in [7, 11) is 1.34. The molecule has 0 radical (unpaired) electrons. The van der Waals surface area contributed by atoms with Gasteiger partial charge >= 0.3 is 5.97 Å². The van der Waals surface area contributed by atoms with E-state index in [1.54, 1.807) is 17.0 Å². The van der Waals surface area contributed by atoms with Gasteiger partial charge in [0.25, 0.3) is 0 Å². The molecule has 1 aromatic rings. The molecule has 0 aliphatic rings. The fraction of sp³-hybridized carbons (Fsp3) is 0.333. The van der Waals surface area contributed by atoms with Gasteiger partial charge in [-0.05, 0) is 13.0 Å². The quantitative estimate of drug-likeness (QED) is 0.739. The van der Waals surface area contributed by atoms with Gasteiger partial charge in [-0.1, -0.05) is 26.5 Å². The molecule has 4 nitrogen and oxygen atoms in total. The van der Waals surface area contributed by atoms with Crippen LogP contribution in [0.2, 0.25) is 0 Å². The average molecular weight is 222 g/mol. The summed E-state index contributed by atoms with van der Waals surface area (Å²) in [6.07, 6.45) is 6.59. The van der Waals surface area contributed by atoms with Crippen LogP contribution in [0.4, 0.5) is 0 Å². The van der Waals surface area contributed by atoms with Crippen molar-refractivity contribution in [2.75, 3.05) is 7.11 Å². The minimum atomic E-state index is -0.407. The maximum absolute atomic E-state index is 11.3. The molecule has 0 bridgehead atoms. The Morgan fingerprint density at radius 3 is 2.62 bits per heavy atom. The Labute approximate surface area is 96.2 Å². The normalized spacial score (nSPS) is 9.50. The summed E-state index contributed by atoms with van der Waals surface area (Å²) in [6.45, 7) is 9.49. The van der Waals surface area contributed by atoms with Crippen LogP contribution in [0.1, 0.15) is 36.8 Å². The molecule has 0 saturated heterocycles. The van der Waals surface area contributed by atoms with E-state index >= 15 is 0 Å². The average Bonchev–Trinajstić information content (AvgIpc) is 2.74. The first-order valence-electron chi connectivity index (χ1n) is 5.15. The van der Waals surface area contributed by atoms with Crippen molar-refractivity contribution < 1.29 is 9.53 Å². The number of ether oxygens (including phenoxy) is 1. The van der Waals surface area contributed by atoms with E-state index in [-0.39, 0.29) is 0 Å². The predicted octanol–water partition coefficient (Wildman–Crippen LogP) is 2.83. The highest BCUT2D eigenvalue weighted by Crippen LogP contribution is 2.11. The van der Waals surface area contributed by atoms with E-state index in [1.165, 1.54) is 13.3 Å². The number of carbonyl (C=O) groups excluding carboxylic acids is 1. The Morgan fingerprint density at radius 1 is 1.56 bits per heavy atom. The first kappa shape index (κ1) is 14.2. The molecular weight excluding hydrogens is 204 g/mol. The number of hydrogen-bond acceptors (Lipinski definition) is 3. The summed E-state index contributed by atoms with van der Waals surface area (Å²) in [6, 6.07) is 0. The maximum atomic E-state index is 11.3. The first-order valence-corrected chi connectivity index (χ1v) is 5.15. The van der Waals surface area contributed by atoms with Crippen molar-refractivity contribution in [2.45, 2.75) is 20.8 Å². The summed E-state index contributed by atoms with van der Waals surface area (Å²) in [5.41, 5.74) is 1.05. The number of allylic oxidation sites excluding steroid dienone is 1. The molecule has 0 N–H and O–H groups in total. The zero-order chi connectivity index (χ0) is 12.6. The molecule has 0 amide bonds. The first-order chi connectivity index (χ1) is 7.74. The van der Waals surface area contributed by atoms with Crippen LogP contribution in [-0.4, -0.2) is 22.9 Å². The van der Waals surface area contributed by atoms with Gasteiger partial charge in [0.15, 0.2) is 0 Å². The van der Waals surface area contributed by atoms with E-state index in [4.69, 9.17) is 0 Å². The van der Waals surface area contributed by atoms with Crippen molar-refractivity contribution in [2.24, 2.45) is 0 Å². The molecule has 88 valence electrons. The van der Waals surface area contributed by atoms with Crippen LogP contribution < -0.4 is 0 Å². The smallest absolute Gasteiger partial charge is 0.341 e. The minimum Gasteiger partial charge on any atom is -0.465 e. The minimum absolute atomic E-state index is 0.407. The van der Waals surface area contributed by atoms with Gasteiger partial charge in [0.1, 0.15) is 5.56 Å². The molecule has 1 aromatic heterocycles. The van der Waals surface area contributed by atoms with Gasteiger partial charge in [-0.2, -0.15) is 5.10 Å². The standard InChI is InChI=1S/C10H12N2O2.C2H6/c1-4-6-12-9(5-2)8(7-11-12)10(13)14-3;1-2/h4-7H,2H2,1,3H3;1-2H3/b6-4-;. The van der Waals surface area contributed by atoms with Crippen molar-refractivity contribution >= 4 is 18.2 Å². The molecule has 0 unspecified atom stereocenters. The second kappa shape index (κ2) is 7.45. The number of hydrogen-bond donors (Lipinski definition) is 0. The molecule has 0 aliphatic heterocycles. The van der Waals surface area contributed by atoms with Crippen LogP contribution in [0, 0.1) is 0 Å². The summed E-state index contributed by atoms with van der Waals surface area (Å²) < 4.78 is 6.17. The lowest BCUT2D eigenvalue weighted by Crippen LogP contribution is -2.02. The van der Waals surface area contributed by atoms with Crippen molar-refractivity contribution in [3.05, 3.63) is 30.1 Å². The molecule has 1 rings (SSSR count). The Balaban J connectivity index is 0.00000106. The third-order valence-electron chi connectivity index (χ3n) is 1.72. The third kappa shape index (κ3) is 3.08. The largest absolute Gasteiger partial charge is 0.465 e. The van der Waals surface area contributed by atoms with Crippen LogP contribution in [0.3, 0.4) is 0 Å². The molecule has 4 heteroatoms. The zero-order valence-electron chi connectivity index (χ0n) is 10.2. The lowest BCUT2D eigenvalue weighted by atomic mass is 10.2. The third-order valence-corrected chi connectivity index (χ3v) is 1.72. The number of carbonyl (C=O) groups is 1. The monoisotopic (exact) mass is 222 g/mol. The van der Waals surface area contributed by atoms with Crippen LogP contribution in [0.5, 0.6) is 0 Å². The lowest BCUT2D eigenvalue weighted by Gasteiger charge is -1.99. The summed E-state index contributed by atoms with van der Waals surface area (Å²) >= 11 is 0. The molecule has 0 atom stereocenters. The topological polar surface area (TPSA) is 44.1 Å². The SMILES string of the molecule is C=Cc1c(C(=O)OC)cnn1/C=C\C.CC. The summed E-state index contributed by atoms with van der Waals surface area (Å²) in [5, 5.41) is 4.00. The van der Waals surface area contributed by atoms with Crippen LogP contribution >= 0.6 is 0 Å². The van der Waals surface area contributed by atoms with Gasteiger partial charge in [-0.25, -0.2) is 9.48 Å². The van der Waals surface area contributed by atoms with Crippen molar-refractivity contribution in [3.8, 4) is 0 Å². The highest BCUT2D eigenvalue weighted by molar-refractivity contribution is 5.92. The number of nitrogens with zero attached hydrogens (tertiary/aromatic N) is 2. The zero-order valence-corrected chi connectivity index (χ0v) is 10.2. The van der Waals surface area contributed by atoms with Gasteiger partial charge in [-0.15, -0.1) is 0 Å². The fourth-order valence-electron chi connectivity index (χ4n) is 1.10. The molecule has 0 fully saturated rings. The van der Waals surface area contributed by atoms with E-state index in [0.717, 1.165) is 0 Å². The number of rotatable bonds is 3. The van der Waals surface area contributed by atoms with Gasteiger partial charge in [0, 0.05) is 6.20 Å². The second-order valence-corrected chi connectivity index (χ2v) is 2.57. The lowest BCUT2D eigenvalue weighted by molar-refractivity contribution is 0.0600. The highest BCUT2D eigenvalue weighted by atomic mass is 16.5. The molecule has 0 spiro atoms. The van der Waals surface area contributed by atoms with Crippen LogP contribution in [-0.2, 0) is 4.74 Å². The van der Waals surface area contributed by atoms with Crippen molar-refractivity contribution in [1.29, 1.82) is 0 Å². The number of aromatic nitrogens is 2. The van der Waals surface area contributed by atoms with E-state index in [0.29, 0.717) is 11.3 Å². The fourth-order valence-corrected chi connectivity index (χ4v) is 1.10. The summed E-state index contributed by atoms with van der Waals surface area (Å²) in [4.78, 5) is 11.3. The van der Waals surface area contributed by atoms with Crippen molar-refractivity contribution in [1.82, 2.24) is 9.78 Å².